The van der Waals surface area contributed by atoms with Gasteiger partial charge < -0.3 is 38.7 Å². The van der Waals surface area contributed by atoms with Crippen LogP contribution in [-0.4, -0.2) is 81.3 Å². The number of halogens is 3. The van der Waals surface area contributed by atoms with E-state index in [0.29, 0.717) is 36.0 Å². The van der Waals surface area contributed by atoms with Gasteiger partial charge in [-0.05, 0) is 88.9 Å². The largest absolute Gasteiger partial charge is 0.497 e. The van der Waals surface area contributed by atoms with Crippen molar-refractivity contribution in [1.82, 2.24) is 29.4 Å². The highest BCUT2D eigenvalue weighted by atomic mass is 19.4. The smallest absolute Gasteiger partial charge is 0.416 e. The molecule has 0 amide bonds. The number of aromatic nitrogens is 5. The standard InChI is InChI=1S/C39H46F3N7O4/c1-38(2)52-34-24(20-48(3)26-14-22(15-26)6-11-33-46-29-10-8-25(39(40,41)42)17-30(29)47-33)16-31(35(34)53-38)49-13-12-28-36(44-21-45-37(28)49)43-19-23-7-9-27(50-4)18-32(23)51-5/h7-10,12-13,17-18,21-22,24,26,31,34-35H,6,11,14-16,19-20H2,1-5H3,(H,46,47)(H,43,44,45). The number of aryl methyl sites for hydroxylation is 1. The fraction of sp³-hybridized carbons (Fsp3) is 0.513. The Morgan fingerprint density at radius 1 is 1.02 bits per heavy atom. The van der Waals surface area contributed by atoms with Crippen molar-refractivity contribution in [2.75, 3.05) is 33.1 Å². The van der Waals surface area contributed by atoms with Gasteiger partial charge in [0.2, 0.25) is 0 Å². The zero-order valence-corrected chi connectivity index (χ0v) is 30.6. The van der Waals surface area contributed by atoms with Crippen molar-refractivity contribution < 1.29 is 32.1 Å². The first-order valence-electron chi connectivity index (χ1n) is 18.3. The highest BCUT2D eigenvalue weighted by Gasteiger charge is 2.55. The summed E-state index contributed by atoms with van der Waals surface area (Å²) < 4.78 is 65.8. The zero-order chi connectivity index (χ0) is 37.1. The van der Waals surface area contributed by atoms with Gasteiger partial charge in [0.25, 0.3) is 0 Å². The van der Waals surface area contributed by atoms with Crippen LogP contribution >= 0.6 is 0 Å². The lowest BCUT2D eigenvalue weighted by molar-refractivity contribution is -0.161. The molecular weight excluding hydrogens is 687 g/mol. The Labute approximate surface area is 306 Å². The molecule has 4 heterocycles. The number of methoxy groups -OCH3 is 2. The Bertz CT molecular complexity index is 2090. The van der Waals surface area contributed by atoms with E-state index in [9.17, 15) is 13.2 Å². The van der Waals surface area contributed by atoms with Crippen LogP contribution in [0.25, 0.3) is 22.1 Å². The molecular formula is C39H46F3N7O4. The van der Waals surface area contributed by atoms with Crippen LogP contribution in [0.1, 0.15) is 62.5 Å². The molecule has 282 valence electrons. The average Bonchev–Trinajstić information content (AvgIpc) is 3.87. The van der Waals surface area contributed by atoms with Crippen molar-refractivity contribution in [2.45, 2.75) is 88.8 Å². The van der Waals surface area contributed by atoms with Crippen LogP contribution in [0.5, 0.6) is 11.5 Å². The van der Waals surface area contributed by atoms with Crippen LogP contribution < -0.4 is 14.8 Å². The molecule has 5 aromatic rings. The molecule has 2 N–H and O–H groups in total. The fourth-order valence-corrected chi connectivity index (χ4v) is 8.58. The number of fused-ring (bicyclic) bond motifs is 3. The maximum Gasteiger partial charge on any atom is 0.416 e. The summed E-state index contributed by atoms with van der Waals surface area (Å²) in [4.78, 5) is 19.4. The molecule has 3 aliphatic rings. The number of nitrogens with one attached hydrogen (secondary N) is 2. The Hall–Kier alpha value is -4.40. The number of benzene rings is 2. The lowest BCUT2D eigenvalue weighted by Crippen LogP contribution is -2.46. The molecule has 2 aromatic carbocycles. The summed E-state index contributed by atoms with van der Waals surface area (Å²) in [7, 11) is 5.49. The van der Waals surface area contributed by atoms with E-state index < -0.39 is 17.5 Å². The molecule has 0 bridgehead atoms. The van der Waals surface area contributed by atoms with E-state index in [1.54, 1.807) is 20.5 Å². The Morgan fingerprint density at radius 2 is 1.83 bits per heavy atom. The van der Waals surface area contributed by atoms with Crippen LogP contribution in [0, 0.1) is 11.8 Å². The molecule has 0 spiro atoms. The van der Waals surface area contributed by atoms with E-state index in [4.69, 9.17) is 23.9 Å². The predicted octanol–water partition coefficient (Wildman–Crippen LogP) is 7.38. The third-order valence-corrected chi connectivity index (χ3v) is 11.4. The molecule has 14 heteroatoms. The van der Waals surface area contributed by atoms with Crippen LogP contribution in [0.2, 0.25) is 0 Å². The van der Waals surface area contributed by atoms with Gasteiger partial charge in [0.1, 0.15) is 41.2 Å². The van der Waals surface area contributed by atoms with Gasteiger partial charge in [-0.1, -0.05) is 0 Å². The highest BCUT2D eigenvalue weighted by molar-refractivity contribution is 5.87. The SMILES string of the molecule is COc1ccc(CNc2ncnc3c2ccn3C2CC(CN(C)C3CC(CCc4nc5ccc(C(F)(F)F)cc5[nH]4)C3)C3OC(C)(C)OC32)c(OC)c1. The lowest BCUT2D eigenvalue weighted by atomic mass is 9.76. The molecule has 11 nitrogen and oxygen atoms in total. The summed E-state index contributed by atoms with van der Waals surface area (Å²) in [5.74, 6) is 3.10. The zero-order valence-electron chi connectivity index (χ0n) is 30.6. The maximum absolute atomic E-state index is 13.1. The summed E-state index contributed by atoms with van der Waals surface area (Å²) >= 11 is 0. The average molecular weight is 734 g/mol. The minimum absolute atomic E-state index is 0.0429. The number of rotatable bonds is 12. The molecule has 0 radical (unpaired) electrons. The second-order valence-electron chi connectivity index (χ2n) is 15.2. The van der Waals surface area contributed by atoms with Gasteiger partial charge in [0, 0.05) is 49.3 Å². The van der Waals surface area contributed by atoms with Gasteiger partial charge in [-0.2, -0.15) is 13.2 Å². The van der Waals surface area contributed by atoms with Crippen molar-refractivity contribution in [3.63, 3.8) is 0 Å². The summed E-state index contributed by atoms with van der Waals surface area (Å²) in [6.45, 7) is 5.39. The third-order valence-electron chi connectivity index (χ3n) is 11.4. The van der Waals surface area contributed by atoms with Gasteiger partial charge in [-0.3, -0.25) is 0 Å². The number of aromatic amines is 1. The monoisotopic (exact) mass is 733 g/mol. The molecule has 2 aliphatic carbocycles. The number of imidazole rings is 1. The summed E-state index contributed by atoms with van der Waals surface area (Å²) in [6, 6.07) is 12.0. The van der Waals surface area contributed by atoms with Gasteiger partial charge in [-0.15, -0.1) is 0 Å². The molecule has 1 saturated heterocycles. The molecule has 4 unspecified atom stereocenters. The number of nitrogens with zero attached hydrogens (tertiary/aromatic N) is 5. The molecule has 4 atom stereocenters. The van der Waals surface area contributed by atoms with Crippen molar-refractivity contribution in [3.05, 3.63) is 71.9 Å². The van der Waals surface area contributed by atoms with Crippen molar-refractivity contribution in [1.29, 1.82) is 0 Å². The minimum Gasteiger partial charge on any atom is -0.497 e. The van der Waals surface area contributed by atoms with Crippen LogP contribution in [-0.2, 0) is 28.6 Å². The van der Waals surface area contributed by atoms with Gasteiger partial charge in [-0.25, -0.2) is 15.0 Å². The summed E-state index contributed by atoms with van der Waals surface area (Å²) in [5.41, 5.74) is 2.17. The molecule has 8 rings (SSSR count). The maximum atomic E-state index is 13.1. The van der Waals surface area contributed by atoms with Crippen molar-refractivity contribution >= 4 is 27.9 Å². The van der Waals surface area contributed by atoms with Crippen LogP contribution in [0.3, 0.4) is 0 Å². The first-order valence-corrected chi connectivity index (χ1v) is 18.3. The number of hydrogen-bond acceptors (Lipinski definition) is 9. The number of anilines is 1. The first kappa shape index (κ1) is 35.6. The third kappa shape index (κ3) is 7.04. The van der Waals surface area contributed by atoms with Gasteiger partial charge >= 0.3 is 6.18 Å². The molecule has 3 aromatic heterocycles. The summed E-state index contributed by atoms with van der Waals surface area (Å²) in [6.07, 6.45) is 3.89. The van der Waals surface area contributed by atoms with E-state index in [-0.39, 0.29) is 24.2 Å². The second kappa shape index (κ2) is 13.8. The summed E-state index contributed by atoms with van der Waals surface area (Å²) in [5, 5.41) is 4.42. The Kier molecular flexibility index (Phi) is 9.26. The number of alkyl halides is 3. The van der Waals surface area contributed by atoms with E-state index in [1.165, 1.54) is 6.07 Å². The topological polar surface area (TPSA) is 112 Å². The van der Waals surface area contributed by atoms with Crippen LogP contribution in [0.4, 0.5) is 19.0 Å². The number of hydrogen-bond donors (Lipinski definition) is 2. The molecule has 53 heavy (non-hydrogen) atoms. The second-order valence-corrected chi connectivity index (χ2v) is 15.2. The Morgan fingerprint density at radius 3 is 2.60 bits per heavy atom. The van der Waals surface area contributed by atoms with E-state index in [1.807, 2.05) is 32.0 Å². The highest BCUT2D eigenvalue weighted by Crippen LogP contribution is 2.49. The fourth-order valence-electron chi connectivity index (χ4n) is 8.58. The van der Waals surface area contributed by atoms with E-state index >= 15 is 0 Å². The predicted molar refractivity (Wildman–Crippen MR) is 194 cm³/mol. The van der Waals surface area contributed by atoms with Gasteiger partial charge in [0.15, 0.2) is 5.79 Å². The van der Waals surface area contributed by atoms with E-state index in [0.717, 1.165) is 84.1 Å². The normalized spacial score (nSPS) is 25.2. The quantitative estimate of drug-likeness (QED) is 0.136. The van der Waals surface area contributed by atoms with Crippen molar-refractivity contribution in [2.24, 2.45) is 11.8 Å². The lowest BCUT2D eigenvalue weighted by Gasteiger charge is -2.42. The molecule has 3 fully saturated rings. The molecule has 2 saturated carbocycles. The Balaban J connectivity index is 0.902. The first-order chi connectivity index (χ1) is 25.4. The van der Waals surface area contributed by atoms with Gasteiger partial charge in [0.05, 0.1) is 48.3 Å². The molecule has 1 aliphatic heterocycles. The van der Waals surface area contributed by atoms with Crippen LogP contribution in [0.15, 0.2) is 55.0 Å². The van der Waals surface area contributed by atoms with E-state index in [2.05, 4.69) is 49.0 Å². The van der Waals surface area contributed by atoms with Crippen molar-refractivity contribution in [3.8, 4) is 11.5 Å². The number of ether oxygens (including phenoxy) is 4. The number of H-pyrrole nitrogens is 1. The minimum atomic E-state index is -4.37.